The van der Waals surface area contributed by atoms with Gasteiger partial charge in [0.2, 0.25) is 0 Å². The van der Waals surface area contributed by atoms with Crippen molar-refractivity contribution in [2.24, 2.45) is 0 Å². The van der Waals surface area contributed by atoms with E-state index in [1.54, 1.807) is 12.1 Å². The normalized spacial score (nSPS) is 15.3. The van der Waals surface area contributed by atoms with Gasteiger partial charge in [-0.2, -0.15) is 0 Å². The number of rotatable bonds is 7. The molecule has 0 spiro atoms. The van der Waals surface area contributed by atoms with Crippen LogP contribution in [0, 0.1) is 19.8 Å². The molecule has 71 heavy (non-hydrogen) atoms. The molecule has 0 radical (unpaired) electrons. The smallest absolute Gasteiger partial charge is 0.148 e. The zero-order valence-corrected chi connectivity index (χ0v) is 44.8. The van der Waals surface area contributed by atoms with Crippen molar-refractivity contribution in [3.63, 3.8) is 0 Å². The summed E-state index contributed by atoms with van der Waals surface area (Å²) in [6.45, 7) is 19.2. The van der Waals surface area contributed by atoms with Crippen LogP contribution < -0.4 is 0 Å². The van der Waals surface area contributed by atoms with Gasteiger partial charge >= 0.3 is 0 Å². The fraction of sp³-hybridized carbons (Fsp3) is 0.273. The fourth-order valence-electron chi connectivity index (χ4n) is 8.84. The number of phenols is 1. The molecule has 0 fully saturated rings. The molecule has 1 N–H and O–H groups in total. The molecular formula is C66H68N3OPt-. The molecule has 0 bridgehead atoms. The van der Waals surface area contributed by atoms with E-state index in [0.29, 0.717) is 61.5 Å². The standard InChI is InChI=1S/C66H68N3O.Pt/c1-41-23-25-43(26-24-41)46-31-32-67-57(37-46)48-34-47(35-50(36-48)64(6,7)8)52-21-18-22-58-60(52)68-62(55-38-51(65(9,10)11)39-56(61(55)70)66(12,13)14)69(58)59-33-42(2)53(44-19-16-15-17-20-44)40-54(59)45-27-29-49(30-28-45)63(3,4)5;/h15-33,35-40,70H,1-14H3;/q-1;/i1D3,2D3,23D,24D,25D,26D,31D,32D,37D;. The van der Waals surface area contributed by atoms with Crippen LogP contribution in [-0.2, 0) is 42.7 Å². The van der Waals surface area contributed by atoms with Crippen molar-refractivity contribution in [2.45, 2.75) is 118 Å². The van der Waals surface area contributed by atoms with Gasteiger partial charge in [0.1, 0.15) is 11.6 Å². The third-order valence-electron chi connectivity index (χ3n) is 13.0. The van der Waals surface area contributed by atoms with Gasteiger partial charge < -0.3 is 5.11 Å². The molecule has 0 aliphatic carbocycles. The Hall–Kier alpha value is -6.35. The predicted molar refractivity (Wildman–Crippen MR) is 296 cm³/mol. The van der Waals surface area contributed by atoms with E-state index in [1.165, 1.54) is 0 Å². The molecular weight excluding hydrogens is 1050 g/mol. The molecule has 364 valence electrons. The maximum atomic E-state index is 12.8. The number of phenolic OH excluding ortho intramolecular Hbond substituents is 1. The van der Waals surface area contributed by atoms with Crippen molar-refractivity contribution in [3.8, 4) is 78.6 Å². The number of pyridine rings is 1. The number of aromatic hydroxyl groups is 1. The van der Waals surface area contributed by atoms with Gasteiger partial charge in [0.05, 0.1) is 31.9 Å². The molecule has 7 aromatic carbocycles. The van der Waals surface area contributed by atoms with E-state index in [0.717, 1.165) is 22.3 Å². The van der Waals surface area contributed by atoms with Gasteiger partial charge in [0, 0.05) is 52.3 Å². The summed E-state index contributed by atoms with van der Waals surface area (Å²) in [6, 6.07) is 33.8. The molecule has 2 heterocycles. The van der Waals surface area contributed by atoms with E-state index in [4.69, 9.17) is 21.4 Å². The summed E-state index contributed by atoms with van der Waals surface area (Å²) in [5.74, 6) is 0.322. The van der Waals surface area contributed by atoms with Crippen molar-refractivity contribution in [1.29, 1.82) is 0 Å². The Kier molecular flexibility index (Phi) is 9.78. The summed E-state index contributed by atoms with van der Waals surface area (Å²) in [4.78, 5) is 10.0. The second-order valence-corrected chi connectivity index (χ2v) is 22.4. The summed E-state index contributed by atoms with van der Waals surface area (Å²) in [5, 5.41) is 12.8. The number of benzene rings is 7. The van der Waals surface area contributed by atoms with E-state index < -0.39 is 89.1 Å². The molecule has 0 unspecified atom stereocenters. The maximum Gasteiger partial charge on any atom is 0.148 e. The van der Waals surface area contributed by atoms with Crippen LogP contribution in [0.3, 0.4) is 0 Å². The molecule has 0 atom stereocenters. The van der Waals surface area contributed by atoms with Crippen LogP contribution >= 0.6 is 0 Å². The maximum absolute atomic E-state index is 12.8. The molecule has 2 aromatic heterocycles. The average molecular weight is 1130 g/mol. The molecule has 0 saturated heterocycles. The zero-order valence-electron chi connectivity index (χ0n) is 55.5. The Balaban J connectivity index is 0.00000920. The average Bonchev–Trinajstić information content (AvgIpc) is 3.08. The summed E-state index contributed by atoms with van der Waals surface area (Å²) < 4.78 is 116. The number of aromatic nitrogens is 3. The molecule has 0 aliphatic heterocycles. The van der Waals surface area contributed by atoms with Crippen LogP contribution in [0.2, 0.25) is 0 Å². The van der Waals surface area contributed by atoms with E-state index >= 15 is 0 Å². The van der Waals surface area contributed by atoms with Crippen molar-refractivity contribution in [1.82, 2.24) is 14.5 Å². The first kappa shape index (κ1) is 36.6. The third kappa shape index (κ3) is 10.2. The minimum atomic E-state index is -3.01. The van der Waals surface area contributed by atoms with Crippen LogP contribution in [0.15, 0.2) is 152 Å². The number of hydrogen-bond donors (Lipinski definition) is 1. The van der Waals surface area contributed by atoms with Crippen molar-refractivity contribution >= 4 is 11.0 Å². The van der Waals surface area contributed by atoms with Gasteiger partial charge in [-0.3, -0.25) is 9.55 Å². The number of aryl methyl sites for hydroxylation is 1. The summed E-state index contributed by atoms with van der Waals surface area (Å²) in [5.41, 5.74) is 5.75. The van der Waals surface area contributed by atoms with Crippen molar-refractivity contribution in [2.75, 3.05) is 0 Å². The second-order valence-electron chi connectivity index (χ2n) is 22.4. The molecule has 4 nitrogen and oxygen atoms in total. The first-order valence-electron chi connectivity index (χ1n) is 30.2. The van der Waals surface area contributed by atoms with Crippen LogP contribution in [0.5, 0.6) is 5.75 Å². The minimum absolute atomic E-state index is 0. The minimum Gasteiger partial charge on any atom is -0.507 e. The van der Waals surface area contributed by atoms with E-state index in [2.05, 4.69) is 64.7 Å². The number of hydrogen-bond acceptors (Lipinski definition) is 3. The molecule has 0 saturated carbocycles. The first-order valence-corrected chi connectivity index (χ1v) is 23.7. The van der Waals surface area contributed by atoms with E-state index in [9.17, 15) is 6.48 Å². The zero-order chi connectivity index (χ0) is 61.2. The summed E-state index contributed by atoms with van der Waals surface area (Å²) in [6.07, 6.45) is -0.630. The predicted octanol–water partition coefficient (Wildman–Crippen LogP) is 17.7. The van der Waals surface area contributed by atoms with E-state index in [1.807, 2.05) is 131 Å². The summed E-state index contributed by atoms with van der Waals surface area (Å²) >= 11 is 0. The summed E-state index contributed by atoms with van der Waals surface area (Å²) in [7, 11) is 0. The Morgan fingerprint density at radius 2 is 1.20 bits per heavy atom. The Morgan fingerprint density at radius 1 is 0.549 bits per heavy atom. The number of imidazole rings is 1. The van der Waals surface area contributed by atoms with Crippen LogP contribution in [-0.4, -0.2) is 19.6 Å². The number of fused-ring (bicyclic) bond motifs is 1. The Morgan fingerprint density at radius 3 is 1.83 bits per heavy atom. The Labute approximate surface area is 455 Å². The third-order valence-corrected chi connectivity index (χ3v) is 13.0. The van der Waals surface area contributed by atoms with Gasteiger partial charge in [0.25, 0.3) is 0 Å². The van der Waals surface area contributed by atoms with Crippen molar-refractivity contribution < 1.29 is 44.0 Å². The molecule has 0 amide bonds. The topological polar surface area (TPSA) is 50.9 Å². The number of para-hydroxylation sites is 1. The molecule has 9 aromatic rings. The van der Waals surface area contributed by atoms with Crippen LogP contribution in [0.1, 0.15) is 134 Å². The van der Waals surface area contributed by atoms with E-state index in [-0.39, 0.29) is 49.1 Å². The molecule has 5 heteroatoms. The monoisotopic (exact) mass is 1130 g/mol. The SMILES string of the molecule is [2H]c1nc(-c2[c-]c(-c3cccc4c3nc(-c3cc(C(C)(C)C)cc(C(C)(C)C)c3O)n4-c3cc(C([2H])([2H])[2H])c(-c4ccccc4)cc3-c3ccc(C(C)(C)C)cc3)cc(C(C)(C)C)c2)c([2H])c(-c2c([2H])c([2H])c(C([2H])([2H])[2H])c([2H])c2[2H])c1[2H].[Pt]. The quantitative estimate of drug-likeness (QED) is 0.162. The molecule has 9 rings (SSSR count). The van der Waals surface area contributed by atoms with Gasteiger partial charge in [-0.1, -0.05) is 203 Å². The van der Waals surface area contributed by atoms with Crippen LogP contribution in [0.25, 0.3) is 83.9 Å². The largest absolute Gasteiger partial charge is 0.507 e. The number of nitrogens with zero attached hydrogens (tertiary/aromatic N) is 3. The van der Waals surface area contributed by atoms with Gasteiger partial charge in [-0.05, 0) is 110 Å². The van der Waals surface area contributed by atoms with Gasteiger partial charge in [-0.25, -0.2) is 4.98 Å². The Bertz CT molecular complexity index is 4030. The second kappa shape index (κ2) is 19.0. The molecule has 0 aliphatic rings. The van der Waals surface area contributed by atoms with Crippen molar-refractivity contribution in [3.05, 3.63) is 191 Å². The van der Waals surface area contributed by atoms with Gasteiger partial charge in [-0.15, -0.1) is 29.3 Å². The van der Waals surface area contributed by atoms with Crippen LogP contribution in [0.4, 0.5) is 0 Å². The fourth-order valence-corrected chi connectivity index (χ4v) is 8.84. The van der Waals surface area contributed by atoms with Gasteiger partial charge in [0.15, 0.2) is 0 Å². The first-order chi connectivity index (χ1) is 38.3.